The number of para-hydroxylation sites is 1. The average molecular weight is 724 g/mol. The highest BCUT2D eigenvalue weighted by Gasteiger charge is 2.25. The van der Waals surface area contributed by atoms with E-state index in [0.717, 1.165) is 32.5 Å². The molecule has 238 valence electrons. The third-order valence-corrected chi connectivity index (χ3v) is 14.0. The molecule has 3 nitrogen and oxygen atoms in total. The average Bonchev–Trinajstić information content (AvgIpc) is 3.93. The van der Waals surface area contributed by atoms with Gasteiger partial charge in [-0.2, -0.15) is 0 Å². The molecule has 7 aromatic carbocycles. The minimum Gasteiger partial charge on any atom is -0.308 e. The Balaban J connectivity index is 1.32. The third-order valence-electron chi connectivity index (χ3n) is 10.3. The number of hydrogen-bond acceptors (Lipinski definition) is 5. The van der Waals surface area contributed by atoms with Crippen molar-refractivity contribution >= 4 is 139 Å². The van der Waals surface area contributed by atoms with Gasteiger partial charge in [0, 0.05) is 83.2 Å². The summed E-state index contributed by atoms with van der Waals surface area (Å²) in [6.07, 6.45) is 0. The fourth-order valence-electron chi connectivity index (χ4n) is 8.30. The quantitative estimate of drug-likeness (QED) is 0.166. The van der Waals surface area contributed by atoms with Crippen molar-refractivity contribution in [1.29, 1.82) is 0 Å². The van der Waals surface area contributed by atoms with Gasteiger partial charge in [-0.05, 0) is 53.4 Å². The first kappa shape index (κ1) is 28.3. The van der Waals surface area contributed by atoms with Crippen LogP contribution in [0, 0.1) is 0 Å². The summed E-state index contributed by atoms with van der Waals surface area (Å²) in [5.74, 6) is 0. The number of fused-ring (bicyclic) bond motifs is 16. The van der Waals surface area contributed by atoms with Gasteiger partial charge in [-0.15, -0.1) is 34.0 Å². The van der Waals surface area contributed by atoms with Crippen molar-refractivity contribution in [1.82, 2.24) is 14.5 Å². The Labute approximate surface area is 307 Å². The van der Waals surface area contributed by atoms with Crippen LogP contribution in [0.5, 0.6) is 0 Å². The Bertz CT molecular complexity index is 3460. The fourth-order valence-corrected chi connectivity index (χ4v) is 12.0. The lowest BCUT2D eigenvalue weighted by Crippen LogP contribution is -1.97. The second-order valence-corrected chi connectivity index (χ2v) is 16.5. The van der Waals surface area contributed by atoms with Gasteiger partial charge in [-0.1, -0.05) is 97.1 Å². The predicted molar refractivity (Wildman–Crippen MR) is 223 cm³/mol. The molecule has 0 atom stereocenters. The van der Waals surface area contributed by atoms with Gasteiger partial charge in [0.1, 0.15) is 4.83 Å². The molecule has 51 heavy (non-hydrogen) atoms. The van der Waals surface area contributed by atoms with Crippen molar-refractivity contribution in [2.75, 3.05) is 0 Å². The molecule has 0 saturated carbocycles. The van der Waals surface area contributed by atoms with Crippen LogP contribution < -0.4 is 0 Å². The van der Waals surface area contributed by atoms with Crippen molar-refractivity contribution < 1.29 is 0 Å². The Morgan fingerprint density at radius 3 is 1.84 bits per heavy atom. The summed E-state index contributed by atoms with van der Waals surface area (Å²) in [5.41, 5.74) is 5.45. The molecule has 0 aliphatic carbocycles. The SMILES string of the molecule is Clc1nc(-c2cc(-n3c4ccccc4c4c5ccccc5c5sc6ccccc6c5c43)cc3c2sc2ccccc23)c2c(n1)sc1ccccc12. The molecule has 0 saturated heterocycles. The lowest BCUT2D eigenvalue weighted by atomic mass is 9.99. The summed E-state index contributed by atoms with van der Waals surface area (Å²) in [7, 11) is 0. The van der Waals surface area contributed by atoms with E-state index >= 15 is 0 Å². The van der Waals surface area contributed by atoms with Gasteiger partial charge in [0.15, 0.2) is 0 Å². The van der Waals surface area contributed by atoms with Crippen molar-refractivity contribution in [2.45, 2.75) is 0 Å². The zero-order valence-corrected chi connectivity index (χ0v) is 29.9. The molecule has 0 N–H and O–H groups in total. The molecule has 5 heterocycles. The zero-order chi connectivity index (χ0) is 33.4. The van der Waals surface area contributed by atoms with Crippen LogP contribution >= 0.6 is 45.6 Å². The molecule has 0 aliphatic heterocycles. The normalized spacial score (nSPS) is 12.4. The van der Waals surface area contributed by atoms with Crippen LogP contribution in [0.15, 0.2) is 133 Å². The van der Waals surface area contributed by atoms with Gasteiger partial charge < -0.3 is 4.57 Å². The predicted octanol–water partition coefficient (Wildman–Crippen LogP) is 14.2. The Kier molecular flexibility index (Phi) is 5.75. The fraction of sp³-hybridized carbons (Fsp3) is 0. The number of benzene rings is 7. The Hall–Kier alpha value is -5.37. The van der Waals surface area contributed by atoms with E-state index in [1.54, 1.807) is 11.3 Å². The van der Waals surface area contributed by atoms with Crippen LogP contribution in [0.3, 0.4) is 0 Å². The van der Waals surface area contributed by atoms with E-state index in [9.17, 15) is 0 Å². The first-order valence-electron chi connectivity index (χ1n) is 16.8. The van der Waals surface area contributed by atoms with Crippen LogP contribution in [0.25, 0.3) is 110 Å². The summed E-state index contributed by atoms with van der Waals surface area (Å²) in [5, 5.41) is 12.6. The summed E-state index contributed by atoms with van der Waals surface area (Å²) < 4.78 is 8.75. The van der Waals surface area contributed by atoms with E-state index in [2.05, 4.69) is 138 Å². The number of halogens is 1. The molecule has 7 heteroatoms. The van der Waals surface area contributed by atoms with Crippen molar-refractivity contribution in [3.05, 3.63) is 139 Å². The molecule has 0 spiro atoms. The standard InChI is InChI=1S/C44H22ClN3S3/c45-44-46-39(37-28-15-5-10-20-35(28)51-43(37)47-44)31-22-23(21-30-24-11-4-8-18-33(24)49-41(30)31)48-32-17-7-3-14-27(32)36-25-12-1-2-13-26(25)42-38(40(36)48)29-16-6-9-19-34(29)50-42/h1-22H. The lowest BCUT2D eigenvalue weighted by molar-refractivity contribution is 1.19. The van der Waals surface area contributed by atoms with Crippen molar-refractivity contribution in [3.8, 4) is 16.9 Å². The summed E-state index contributed by atoms with van der Waals surface area (Å²) >= 11 is 12.2. The maximum Gasteiger partial charge on any atom is 0.224 e. The van der Waals surface area contributed by atoms with Crippen molar-refractivity contribution in [3.63, 3.8) is 0 Å². The van der Waals surface area contributed by atoms with E-state index in [-0.39, 0.29) is 5.28 Å². The van der Waals surface area contributed by atoms with E-state index in [1.165, 1.54) is 77.6 Å². The highest BCUT2D eigenvalue weighted by Crippen LogP contribution is 2.50. The molecule has 0 fully saturated rings. The highest BCUT2D eigenvalue weighted by molar-refractivity contribution is 7.27. The summed E-state index contributed by atoms with van der Waals surface area (Å²) in [6.45, 7) is 0. The molecule has 12 rings (SSSR count). The third kappa shape index (κ3) is 3.82. The number of rotatable bonds is 2. The molecule has 0 aliphatic rings. The number of hydrogen-bond donors (Lipinski definition) is 0. The van der Waals surface area contributed by atoms with E-state index in [1.807, 2.05) is 22.7 Å². The van der Waals surface area contributed by atoms with Gasteiger partial charge in [-0.3, -0.25) is 0 Å². The summed E-state index contributed by atoms with van der Waals surface area (Å²) in [6, 6.07) is 48.6. The minimum absolute atomic E-state index is 0.263. The first-order valence-corrected chi connectivity index (χ1v) is 19.6. The van der Waals surface area contributed by atoms with Crippen LogP contribution in [-0.4, -0.2) is 14.5 Å². The molecule has 0 bridgehead atoms. The molecule has 12 aromatic rings. The molecule has 5 aromatic heterocycles. The molecule has 0 unspecified atom stereocenters. The Morgan fingerprint density at radius 1 is 0.471 bits per heavy atom. The number of nitrogens with zero attached hydrogens (tertiary/aromatic N) is 3. The summed E-state index contributed by atoms with van der Waals surface area (Å²) in [4.78, 5) is 10.7. The minimum atomic E-state index is 0.263. The molecule has 0 radical (unpaired) electrons. The molecule has 0 amide bonds. The van der Waals surface area contributed by atoms with Gasteiger partial charge in [0.25, 0.3) is 0 Å². The van der Waals surface area contributed by atoms with Gasteiger partial charge in [-0.25, -0.2) is 9.97 Å². The zero-order valence-electron chi connectivity index (χ0n) is 26.6. The molecular weight excluding hydrogens is 702 g/mol. The van der Waals surface area contributed by atoms with Crippen molar-refractivity contribution in [2.24, 2.45) is 0 Å². The van der Waals surface area contributed by atoms with E-state index < -0.39 is 0 Å². The molecular formula is C44H22ClN3S3. The van der Waals surface area contributed by atoms with Gasteiger partial charge in [0.2, 0.25) is 5.28 Å². The van der Waals surface area contributed by atoms with Gasteiger partial charge in [0.05, 0.1) is 16.7 Å². The topological polar surface area (TPSA) is 30.7 Å². The van der Waals surface area contributed by atoms with E-state index in [4.69, 9.17) is 21.6 Å². The maximum absolute atomic E-state index is 6.77. The van der Waals surface area contributed by atoms with Crippen LogP contribution in [0.1, 0.15) is 0 Å². The Morgan fingerprint density at radius 2 is 1.06 bits per heavy atom. The highest BCUT2D eigenvalue weighted by atomic mass is 35.5. The van der Waals surface area contributed by atoms with Crippen LogP contribution in [0.4, 0.5) is 0 Å². The second-order valence-electron chi connectivity index (χ2n) is 13.0. The maximum atomic E-state index is 6.77. The first-order chi connectivity index (χ1) is 25.2. The van der Waals surface area contributed by atoms with E-state index in [0.29, 0.717) is 0 Å². The number of thiophene rings is 3. The largest absolute Gasteiger partial charge is 0.308 e. The second kappa shape index (κ2) is 10.3. The van der Waals surface area contributed by atoms with Gasteiger partial charge >= 0.3 is 0 Å². The smallest absolute Gasteiger partial charge is 0.224 e. The number of aromatic nitrogens is 3. The van der Waals surface area contributed by atoms with Crippen LogP contribution in [0.2, 0.25) is 5.28 Å². The van der Waals surface area contributed by atoms with Crippen LogP contribution in [-0.2, 0) is 0 Å². The lowest BCUT2D eigenvalue weighted by Gasteiger charge is -2.14. The monoisotopic (exact) mass is 723 g/mol.